The highest BCUT2D eigenvalue weighted by Crippen LogP contribution is 2.13. The van der Waals surface area contributed by atoms with Gasteiger partial charge in [0.25, 0.3) is 0 Å². The van der Waals surface area contributed by atoms with Crippen molar-refractivity contribution in [2.75, 3.05) is 13.2 Å². The van der Waals surface area contributed by atoms with Gasteiger partial charge in [0.15, 0.2) is 0 Å². The van der Waals surface area contributed by atoms with Gasteiger partial charge < -0.3 is 20.9 Å². The minimum atomic E-state index is -0.0686. The van der Waals surface area contributed by atoms with Crippen LogP contribution in [0.4, 0.5) is 0 Å². The van der Waals surface area contributed by atoms with Crippen LogP contribution in [0.2, 0.25) is 0 Å². The second-order valence-corrected chi connectivity index (χ2v) is 5.45. The third kappa shape index (κ3) is 6.14. The van der Waals surface area contributed by atoms with Crippen molar-refractivity contribution in [2.45, 2.75) is 19.3 Å². The zero-order chi connectivity index (χ0) is 18.1. The second kappa shape index (κ2) is 9.27. The van der Waals surface area contributed by atoms with Gasteiger partial charge >= 0.3 is 0 Å². The molecular formula is C18H23N5O2. The molecule has 0 spiro atoms. The lowest BCUT2D eigenvalue weighted by molar-refractivity contribution is 0.279. The number of unbranched alkanes of at least 4 members (excludes halogenated alkanes) is 2. The number of nitrogens with one attached hydrogen (secondary N) is 1. The van der Waals surface area contributed by atoms with Gasteiger partial charge in [0.2, 0.25) is 0 Å². The first-order valence-electron chi connectivity index (χ1n) is 8.03. The second-order valence-electron chi connectivity index (χ2n) is 5.45. The largest absolute Gasteiger partial charge is 0.493 e. The van der Waals surface area contributed by atoms with Crippen LogP contribution in [-0.2, 0) is 0 Å². The van der Waals surface area contributed by atoms with Gasteiger partial charge in [0.05, 0.1) is 30.8 Å². The summed E-state index contributed by atoms with van der Waals surface area (Å²) in [5.41, 5.74) is 12.5. The first-order valence-corrected chi connectivity index (χ1v) is 8.03. The Morgan fingerprint density at radius 2 is 1.68 bits per heavy atom. The predicted molar refractivity (Wildman–Crippen MR) is 97.6 cm³/mol. The molecule has 0 bridgehead atoms. The van der Waals surface area contributed by atoms with Crippen molar-refractivity contribution in [1.29, 1.82) is 5.41 Å². The van der Waals surface area contributed by atoms with Crippen LogP contribution >= 0.6 is 0 Å². The summed E-state index contributed by atoms with van der Waals surface area (Å²) in [7, 11) is 0. The molecule has 7 nitrogen and oxygen atoms in total. The van der Waals surface area contributed by atoms with Crippen LogP contribution < -0.4 is 20.9 Å². The molecule has 7 heteroatoms. The summed E-state index contributed by atoms with van der Waals surface area (Å²) in [5, 5.41) is 7.36. The molecule has 2 aromatic rings. The van der Waals surface area contributed by atoms with E-state index in [0.717, 1.165) is 25.0 Å². The molecule has 0 fully saturated rings. The van der Waals surface area contributed by atoms with E-state index in [9.17, 15) is 0 Å². The third-order valence-electron chi connectivity index (χ3n) is 3.40. The molecule has 0 amide bonds. The fraction of sp³-hybridized carbons (Fsp3) is 0.278. The first-order chi connectivity index (χ1) is 12.1. The number of aromatic nitrogens is 2. The van der Waals surface area contributed by atoms with E-state index in [4.69, 9.17) is 26.4 Å². The van der Waals surface area contributed by atoms with Crippen LogP contribution in [0.5, 0.6) is 11.5 Å². The molecule has 0 saturated heterocycles. The van der Waals surface area contributed by atoms with Gasteiger partial charge in [-0.3, -0.25) is 15.4 Å². The number of nitrogens with zero attached hydrogens (tertiary/aromatic N) is 2. The van der Waals surface area contributed by atoms with Crippen LogP contribution in [0.15, 0.2) is 43.2 Å². The number of rotatable bonds is 10. The maximum Gasteiger partial charge on any atom is 0.141 e. The van der Waals surface area contributed by atoms with Crippen molar-refractivity contribution in [3.05, 3.63) is 54.6 Å². The standard InChI is InChI=1S/C18H23N5O2/c1-13(19)16-6-5-15(12-23-16)25-10-4-2-3-9-24-14-7-8-22-17(11-14)18(20)21/h5-8,11-12H,1-4,9-10,19H2,(H3,20,21). The molecule has 132 valence electrons. The smallest absolute Gasteiger partial charge is 0.141 e. The quantitative estimate of drug-likeness (QED) is 0.346. The van der Waals surface area contributed by atoms with Crippen molar-refractivity contribution in [2.24, 2.45) is 11.5 Å². The average Bonchev–Trinajstić information content (AvgIpc) is 2.61. The van der Waals surface area contributed by atoms with Crippen LogP contribution in [0.3, 0.4) is 0 Å². The molecule has 0 atom stereocenters. The Hall–Kier alpha value is -3.09. The van der Waals surface area contributed by atoms with E-state index in [2.05, 4.69) is 16.5 Å². The number of ether oxygens (including phenoxy) is 2. The monoisotopic (exact) mass is 341 g/mol. The Kier molecular flexibility index (Phi) is 6.76. The van der Waals surface area contributed by atoms with Gasteiger partial charge in [0, 0.05) is 12.3 Å². The Morgan fingerprint density at radius 1 is 0.960 bits per heavy atom. The maximum absolute atomic E-state index is 7.36. The van der Waals surface area contributed by atoms with E-state index in [1.165, 1.54) is 0 Å². The van der Waals surface area contributed by atoms with E-state index in [-0.39, 0.29) is 5.84 Å². The summed E-state index contributed by atoms with van der Waals surface area (Å²) >= 11 is 0. The van der Waals surface area contributed by atoms with Crippen molar-refractivity contribution in [1.82, 2.24) is 9.97 Å². The number of amidine groups is 1. The van der Waals surface area contributed by atoms with Gasteiger partial charge in [-0.05, 0) is 37.5 Å². The molecule has 0 aliphatic heterocycles. The Balaban J connectivity index is 1.60. The van der Waals surface area contributed by atoms with Gasteiger partial charge in [-0.15, -0.1) is 0 Å². The highest BCUT2D eigenvalue weighted by Gasteiger charge is 2.01. The molecule has 2 rings (SSSR count). The zero-order valence-electron chi connectivity index (χ0n) is 14.1. The molecule has 0 aliphatic carbocycles. The number of hydrogen-bond donors (Lipinski definition) is 3. The van der Waals surface area contributed by atoms with E-state index in [0.29, 0.717) is 36.0 Å². The molecular weight excluding hydrogens is 318 g/mol. The van der Waals surface area contributed by atoms with E-state index < -0.39 is 0 Å². The number of pyridine rings is 2. The molecule has 2 aromatic heterocycles. The minimum Gasteiger partial charge on any atom is -0.493 e. The lowest BCUT2D eigenvalue weighted by Crippen LogP contribution is -2.13. The van der Waals surface area contributed by atoms with E-state index >= 15 is 0 Å². The summed E-state index contributed by atoms with van der Waals surface area (Å²) in [4.78, 5) is 8.15. The van der Waals surface area contributed by atoms with Crippen molar-refractivity contribution < 1.29 is 9.47 Å². The molecule has 25 heavy (non-hydrogen) atoms. The molecule has 2 heterocycles. The summed E-state index contributed by atoms with van der Waals surface area (Å²) in [6.07, 6.45) is 6.04. The van der Waals surface area contributed by atoms with Gasteiger partial charge in [-0.1, -0.05) is 6.58 Å². The molecule has 0 aliphatic rings. The van der Waals surface area contributed by atoms with Crippen molar-refractivity contribution in [3.63, 3.8) is 0 Å². The molecule has 0 aromatic carbocycles. The van der Waals surface area contributed by atoms with Crippen LogP contribution in [0.25, 0.3) is 5.70 Å². The lowest BCUT2D eigenvalue weighted by Gasteiger charge is -2.08. The maximum atomic E-state index is 7.36. The number of nitrogen functional groups attached to an aromatic ring is 1. The fourth-order valence-electron chi connectivity index (χ4n) is 2.06. The molecule has 0 saturated carbocycles. The van der Waals surface area contributed by atoms with E-state index in [1.807, 2.05) is 6.07 Å². The minimum absolute atomic E-state index is 0.0686. The average molecular weight is 341 g/mol. The highest BCUT2D eigenvalue weighted by atomic mass is 16.5. The lowest BCUT2D eigenvalue weighted by atomic mass is 10.2. The Bertz CT molecular complexity index is 716. The van der Waals surface area contributed by atoms with Gasteiger partial charge in [0.1, 0.15) is 23.0 Å². The topological polar surface area (TPSA) is 120 Å². The summed E-state index contributed by atoms with van der Waals surface area (Å²) in [5.74, 6) is 1.32. The summed E-state index contributed by atoms with van der Waals surface area (Å²) in [6, 6.07) is 7.04. The SMILES string of the molecule is C=C(N)c1ccc(OCCCCCOc2ccnc(C(=N)N)c2)cn1. The van der Waals surface area contributed by atoms with Crippen molar-refractivity contribution >= 4 is 11.5 Å². The normalized spacial score (nSPS) is 10.2. The van der Waals surface area contributed by atoms with Gasteiger partial charge in [-0.25, -0.2) is 0 Å². The summed E-state index contributed by atoms with van der Waals surface area (Å²) in [6.45, 7) is 4.85. The highest BCUT2D eigenvalue weighted by molar-refractivity contribution is 5.93. The Morgan fingerprint density at radius 3 is 2.28 bits per heavy atom. The zero-order valence-corrected chi connectivity index (χ0v) is 14.1. The number of nitrogens with two attached hydrogens (primary N) is 2. The predicted octanol–water partition coefficient (Wildman–Crippen LogP) is 2.32. The summed E-state index contributed by atoms with van der Waals surface area (Å²) < 4.78 is 11.3. The third-order valence-corrected chi connectivity index (χ3v) is 3.40. The van der Waals surface area contributed by atoms with Gasteiger partial charge in [-0.2, -0.15) is 0 Å². The number of hydrogen-bond acceptors (Lipinski definition) is 6. The van der Waals surface area contributed by atoms with E-state index in [1.54, 1.807) is 30.6 Å². The molecule has 5 N–H and O–H groups in total. The molecule has 0 radical (unpaired) electrons. The van der Waals surface area contributed by atoms with Crippen LogP contribution in [-0.4, -0.2) is 29.0 Å². The van der Waals surface area contributed by atoms with Crippen molar-refractivity contribution in [3.8, 4) is 11.5 Å². The first kappa shape index (κ1) is 18.3. The van der Waals surface area contributed by atoms with Crippen LogP contribution in [0, 0.1) is 5.41 Å². The van der Waals surface area contributed by atoms with Crippen LogP contribution in [0.1, 0.15) is 30.7 Å². The Labute approximate surface area is 147 Å². The fourth-order valence-corrected chi connectivity index (χ4v) is 2.06. The molecule has 0 unspecified atom stereocenters.